The number of benzene rings is 3. The summed E-state index contributed by atoms with van der Waals surface area (Å²) in [6.45, 7) is 4.68. The zero-order valence-corrected chi connectivity index (χ0v) is 17.6. The maximum Gasteiger partial charge on any atom is 0.138 e. The maximum atomic E-state index is 2.61. The Morgan fingerprint density at radius 2 is 1.04 bits per heavy atom. The number of rotatable bonds is 5. The maximum absolute atomic E-state index is 2.61. The SMILES string of the molecule is C/C(=C\[P+](c1ccccc1)(c1ccccc1)c1ccccc1)N1CCCCC1. The molecule has 0 N–H and O–H groups in total. The van der Waals surface area contributed by atoms with Gasteiger partial charge in [0, 0.05) is 18.8 Å². The van der Waals surface area contributed by atoms with Gasteiger partial charge in [-0.3, -0.25) is 0 Å². The second-order valence-corrected chi connectivity index (χ2v) is 10.8. The lowest BCUT2D eigenvalue weighted by molar-refractivity contribution is 0.286. The highest BCUT2D eigenvalue weighted by Crippen LogP contribution is 2.57. The van der Waals surface area contributed by atoms with Crippen molar-refractivity contribution in [1.82, 2.24) is 4.90 Å². The number of hydrogen-bond acceptors (Lipinski definition) is 1. The van der Waals surface area contributed by atoms with E-state index in [-0.39, 0.29) is 0 Å². The van der Waals surface area contributed by atoms with E-state index in [1.54, 1.807) is 0 Å². The number of hydrogen-bond donors (Lipinski definition) is 0. The van der Waals surface area contributed by atoms with Gasteiger partial charge in [-0.1, -0.05) is 54.6 Å². The van der Waals surface area contributed by atoms with Gasteiger partial charge in [-0.05, 0) is 62.6 Å². The Kier molecular flexibility index (Phi) is 5.93. The molecule has 3 aromatic carbocycles. The fourth-order valence-corrected chi connectivity index (χ4v) is 8.26. The first-order chi connectivity index (χ1) is 13.8. The van der Waals surface area contributed by atoms with Crippen molar-refractivity contribution in [1.29, 1.82) is 0 Å². The molecule has 1 nitrogen and oxygen atoms in total. The van der Waals surface area contributed by atoms with E-state index < -0.39 is 7.26 Å². The molecule has 0 atom stereocenters. The van der Waals surface area contributed by atoms with Crippen LogP contribution in [0.2, 0.25) is 0 Å². The van der Waals surface area contributed by atoms with Crippen molar-refractivity contribution in [3.8, 4) is 0 Å². The van der Waals surface area contributed by atoms with Crippen LogP contribution in [0.4, 0.5) is 0 Å². The van der Waals surface area contributed by atoms with Gasteiger partial charge in [-0.15, -0.1) is 0 Å². The molecule has 0 bridgehead atoms. The molecule has 4 rings (SSSR count). The predicted molar refractivity (Wildman–Crippen MR) is 124 cm³/mol. The zero-order valence-electron chi connectivity index (χ0n) is 16.7. The van der Waals surface area contributed by atoms with Crippen LogP contribution in [0.1, 0.15) is 26.2 Å². The molecule has 1 aliphatic heterocycles. The molecule has 0 saturated carbocycles. The van der Waals surface area contributed by atoms with Crippen molar-refractivity contribution in [2.75, 3.05) is 13.1 Å². The lowest BCUT2D eigenvalue weighted by Crippen LogP contribution is -2.32. The Bertz CT molecular complexity index is 800. The molecule has 1 aliphatic rings. The van der Waals surface area contributed by atoms with E-state index in [9.17, 15) is 0 Å². The van der Waals surface area contributed by atoms with E-state index in [0.29, 0.717) is 0 Å². The average Bonchev–Trinajstić information content (AvgIpc) is 2.80. The van der Waals surface area contributed by atoms with Crippen LogP contribution in [0, 0.1) is 0 Å². The molecule has 1 saturated heterocycles. The van der Waals surface area contributed by atoms with Crippen LogP contribution < -0.4 is 15.9 Å². The number of piperidine rings is 1. The highest BCUT2D eigenvalue weighted by atomic mass is 31.2. The molecule has 2 heteroatoms. The van der Waals surface area contributed by atoms with E-state index in [0.717, 1.165) is 0 Å². The lowest BCUT2D eigenvalue weighted by atomic mass is 10.1. The molecule has 0 radical (unpaired) electrons. The molecule has 0 spiro atoms. The first-order valence-corrected chi connectivity index (χ1v) is 12.2. The molecule has 0 amide bonds. The zero-order chi connectivity index (χ0) is 19.2. The van der Waals surface area contributed by atoms with Crippen LogP contribution >= 0.6 is 7.26 Å². The molecule has 1 fully saturated rings. The van der Waals surface area contributed by atoms with Crippen molar-refractivity contribution in [3.05, 3.63) is 103 Å². The van der Waals surface area contributed by atoms with Crippen LogP contribution in [0.3, 0.4) is 0 Å². The third kappa shape index (κ3) is 3.77. The van der Waals surface area contributed by atoms with Crippen LogP contribution in [0.5, 0.6) is 0 Å². The Hall–Kier alpha value is -2.37. The lowest BCUT2D eigenvalue weighted by Gasteiger charge is -2.31. The molecule has 0 aromatic heterocycles. The topological polar surface area (TPSA) is 3.24 Å². The van der Waals surface area contributed by atoms with Crippen molar-refractivity contribution in [3.63, 3.8) is 0 Å². The Morgan fingerprint density at radius 3 is 1.43 bits per heavy atom. The van der Waals surface area contributed by atoms with Gasteiger partial charge in [0.15, 0.2) is 0 Å². The summed E-state index contributed by atoms with van der Waals surface area (Å²) in [6.07, 6.45) is 3.97. The monoisotopic (exact) mass is 386 g/mol. The van der Waals surface area contributed by atoms with Crippen molar-refractivity contribution in [2.45, 2.75) is 26.2 Å². The molecule has 1 heterocycles. The quantitative estimate of drug-likeness (QED) is 0.536. The van der Waals surface area contributed by atoms with E-state index in [2.05, 4.69) is 109 Å². The molecule has 3 aromatic rings. The minimum absolute atomic E-state index is 1.18. The first kappa shape index (κ1) is 19.0. The van der Waals surface area contributed by atoms with Gasteiger partial charge in [0.25, 0.3) is 0 Å². The highest BCUT2D eigenvalue weighted by Gasteiger charge is 2.44. The van der Waals surface area contributed by atoms with E-state index in [4.69, 9.17) is 0 Å². The Balaban J connectivity index is 1.96. The standard InChI is InChI=1S/C26H29NP/c1-23(27-20-12-5-13-21-27)22-28(24-14-6-2-7-15-24,25-16-8-3-9-17-25)26-18-10-4-11-19-26/h2-4,6-11,14-19,22H,5,12-13,20-21H2,1H3/q+1/b23-22+. The number of allylic oxidation sites excluding steroid dienone is 1. The first-order valence-electron chi connectivity index (χ1n) is 10.3. The summed E-state index contributed by atoms with van der Waals surface area (Å²) in [5.74, 6) is 2.61. The van der Waals surface area contributed by atoms with Crippen molar-refractivity contribution >= 4 is 23.2 Å². The van der Waals surface area contributed by atoms with E-state index in [1.165, 1.54) is 54.0 Å². The summed E-state index contributed by atoms with van der Waals surface area (Å²) in [5.41, 5.74) is 1.42. The predicted octanol–water partition coefficient (Wildman–Crippen LogP) is 5.33. The number of likely N-dealkylation sites (tertiary alicyclic amines) is 1. The third-order valence-corrected chi connectivity index (χ3v) is 9.82. The van der Waals surface area contributed by atoms with Gasteiger partial charge < -0.3 is 4.90 Å². The van der Waals surface area contributed by atoms with Gasteiger partial charge in [-0.25, -0.2) is 0 Å². The molecule has 0 unspecified atom stereocenters. The second kappa shape index (κ2) is 8.76. The minimum atomic E-state index is -1.88. The average molecular weight is 386 g/mol. The summed E-state index contributed by atoms with van der Waals surface area (Å²) in [7, 11) is -1.88. The summed E-state index contributed by atoms with van der Waals surface area (Å²) >= 11 is 0. The molecule has 142 valence electrons. The van der Waals surface area contributed by atoms with Crippen molar-refractivity contribution < 1.29 is 0 Å². The van der Waals surface area contributed by atoms with Gasteiger partial charge in [-0.2, -0.15) is 0 Å². The smallest absolute Gasteiger partial charge is 0.138 e. The van der Waals surface area contributed by atoms with E-state index >= 15 is 0 Å². The molecule has 28 heavy (non-hydrogen) atoms. The molecular formula is C26H29NP+. The highest BCUT2D eigenvalue weighted by molar-refractivity contribution is 7.98. The normalized spacial score (nSPS) is 15.5. The summed E-state index contributed by atoms with van der Waals surface area (Å²) in [4.78, 5) is 2.59. The third-order valence-electron chi connectivity index (χ3n) is 5.73. The van der Waals surface area contributed by atoms with Crippen LogP contribution in [0.25, 0.3) is 0 Å². The molecule has 0 aliphatic carbocycles. The second-order valence-electron chi connectivity index (χ2n) is 7.55. The Labute approximate surface area is 170 Å². The fraction of sp³-hybridized carbons (Fsp3) is 0.231. The van der Waals surface area contributed by atoms with Crippen LogP contribution in [-0.4, -0.2) is 18.0 Å². The minimum Gasteiger partial charge on any atom is -0.372 e. The largest absolute Gasteiger partial charge is 0.372 e. The van der Waals surface area contributed by atoms with Gasteiger partial charge in [0.2, 0.25) is 0 Å². The fourth-order valence-electron chi connectivity index (χ4n) is 4.27. The van der Waals surface area contributed by atoms with Crippen LogP contribution in [0.15, 0.2) is 103 Å². The van der Waals surface area contributed by atoms with E-state index in [1.807, 2.05) is 0 Å². The van der Waals surface area contributed by atoms with Gasteiger partial charge in [0.05, 0.1) is 5.82 Å². The van der Waals surface area contributed by atoms with Crippen molar-refractivity contribution in [2.24, 2.45) is 0 Å². The Morgan fingerprint density at radius 1 is 0.643 bits per heavy atom. The van der Waals surface area contributed by atoms with Gasteiger partial charge in [0.1, 0.15) is 23.2 Å². The van der Waals surface area contributed by atoms with Crippen LogP contribution in [-0.2, 0) is 0 Å². The summed E-state index contributed by atoms with van der Waals surface area (Å²) in [6, 6.07) is 33.3. The molecular weight excluding hydrogens is 357 g/mol. The number of nitrogens with zero attached hydrogens (tertiary/aromatic N) is 1. The summed E-state index contributed by atoms with van der Waals surface area (Å²) < 4.78 is 0. The summed E-state index contributed by atoms with van der Waals surface area (Å²) in [5, 5.41) is 4.26. The van der Waals surface area contributed by atoms with Gasteiger partial charge >= 0.3 is 0 Å².